The minimum atomic E-state index is -0.206. The lowest BCUT2D eigenvalue weighted by atomic mass is 10.1. The Morgan fingerprint density at radius 3 is 2.47 bits per heavy atom. The van der Waals surface area contributed by atoms with E-state index in [-0.39, 0.29) is 5.56 Å². The highest BCUT2D eigenvalue weighted by atomic mass is 35.5. The van der Waals surface area contributed by atoms with Crippen LogP contribution >= 0.6 is 23.4 Å². The number of halogens is 1. The van der Waals surface area contributed by atoms with Crippen molar-refractivity contribution in [2.24, 2.45) is 0 Å². The van der Waals surface area contributed by atoms with Crippen LogP contribution in [-0.4, -0.2) is 24.7 Å². The highest BCUT2D eigenvalue weighted by molar-refractivity contribution is 7.98. The number of hydrogen-bond donors (Lipinski definition) is 1. The third-order valence-electron chi connectivity index (χ3n) is 4.97. The predicted molar refractivity (Wildman–Crippen MR) is 128 cm³/mol. The molecular weight excluding hydrogens is 442 g/mol. The minimum Gasteiger partial charge on any atom is -0.309 e. The van der Waals surface area contributed by atoms with E-state index in [0.717, 1.165) is 22.2 Å². The quantitative estimate of drug-likeness (QED) is 0.360. The van der Waals surface area contributed by atoms with E-state index in [0.29, 0.717) is 33.9 Å². The minimum absolute atomic E-state index is 0.206. The molecule has 2 heterocycles. The average Bonchev–Trinajstić information content (AvgIpc) is 3.22. The van der Waals surface area contributed by atoms with Gasteiger partial charge in [0.15, 0.2) is 5.16 Å². The molecule has 6 nitrogen and oxygen atoms in total. The molecule has 0 fully saturated rings. The molecular formula is C24H18ClN5OS. The molecule has 0 unspecified atom stereocenters. The number of para-hydroxylation sites is 1. The van der Waals surface area contributed by atoms with Gasteiger partial charge >= 0.3 is 0 Å². The van der Waals surface area contributed by atoms with E-state index < -0.39 is 0 Å². The first kappa shape index (κ1) is 20.5. The Balaban J connectivity index is 1.47. The van der Waals surface area contributed by atoms with Crippen LogP contribution < -0.4 is 5.56 Å². The lowest BCUT2D eigenvalue weighted by Gasteiger charge is -2.10. The summed E-state index contributed by atoms with van der Waals surface area (Å²) in [4.78, 5) is 19.9. The number of hydrogen-bond acceptors (Lipinski definition) is 5. The summed E-state index contributed by atoms with van der Waals surface area (Å²) < 4.78 is 2.05. The summed E-state index contributed by atoms with van der Waals surface area (Å²) in [5, 5.41) is 10.6. The van der Waals surface area contributed by atoms with E-state index in [2.05, 4.69) is 36.9 Å². The van der Waals surface area contributed by atoms with Crippen LogP contribution in [0.2, 0.25) is 5.02 Å². The van der Waals surface area contributed by atoms with E-state index in [1.165, 1.54) is 11.8 Å². The number of rotatable bonds is 6. The molecule has 3 aromatic carbocycles. The van der Waals surface area contributed by atoms with Crippen molar-refractivity contribution in [1.82, 2.24) is 24.7 Å². The van der Waals surface area contributed by atoms with Crippen molar-refractivity contribution in [2.45, 2.75) is 17.3 Å². The molecule has 0 atom stereocenters. The van der Waals surface area contributed by atoms with Gasteiger partial charge in [-0.2, -0.15) is 0 Å². The van der Waals surface area contributed by atoms with Gasteiger partial charge in [0.2, 0.25) is 0 Å². The fourth-order valence-corrected chi connectivity index (χ4v) is 4.50. The third-order valence-corrected chi connectivity index (χ3v) is 6.15. The van der Waals surface area contributed by atoms with E-state index in [9.17, 15) is 4.79 Å². The lowest BCUT2D eigenvalue weighted by molar-refractivity contribution is 0.846. The van der Waals surface area contributed by atoms with Gasteiger partial charge in [0.1, 0.15) is 11.6 Å². The van der Waals surface area contributed by atoms with Crippen LogP contribution in [0.5, 0.6) is 0 Å². The summed E-state index contributed by atoms with van der Waals surface area (Å²) >= 11 is 7.48. The van der Waals surface area contributed by atoms with Gasteiger partial charge in [-0.1, -0.05) is 71.9 Å². The van der Waals surface area contributed by atoms with Gasteiger partial charge in [0.25, 0.3) is 5.56 Å². The topological polar surface area (TPSA) is 76.5 Å². The van der Waals surface area contributed by atoms with Crippen molar-refractivity contribution in [1.29, 1.82) is 0 Å². The van der Waals surface area contributed by atoms with Crippen LogP contribution in [0.4, 0.5) is 0 Å². The molecule has 5 aromatic rings. The Kier molecular flexibility index (Phi) is 5.75. The fraction of sp³-hybridized carbons (Fsp3) is 0.0833. The first-order chi connectivity index (χ1) is 15.7. The maximum Gasteiger partial charge on any atom is 0.258 e. The molecule has 32 heavy (non-hydrogen) atoms. The zero-order valence-electron chi connectivity index (χ0n) is 16.9. The Morgan fingerprint density at radius 2 is 1.69 bits per heavy atom. The van der Waals surface area contributed by atoms with Crippen LogP contribution in [0, 0.1) is 0 Å². The second-order valence-electron chi connectivity index (χ2n) is 7.19. The van der Waals surface area contributed by atoms with Gasteiger partial charge in [-0.25, -0.2) is 4.98 Å². The van der Waals surface area contributed by atoms with Gasteiger partial charge in [0.05, 0.1) is 16.7 Å². The Hall–Kier alpha value is -3.42. The Morgan fingerprint density at radius 1 is 0.938 bits per heavy atom. The lowest BCUT2D eigenvalue weighted by Crippen LogP contribution is -2.11. The monoisotopic (exact) mass is 459 g/mol. The zero-order valence-corrected chi connectivity index (χ0v) is 18.5. The average molecular weight is 460 g/mol. The van der Waals surface area contributed by atoms with Crippen LogP contribution in [0.1, 0.15) is 17.2 Å². The number of H-pyrrole nitrogens is 1. The smallest absolute Gasteiger partial charge is 0.258 e. The van der Waals surface area contributed by atoms with Crippen molar-refractivity contribution >= 4 is 34.3 Å². The van der Waals surface area contributed by atoms with Crippen molar-refractivity contribution in [3.63, 3.8) is 0 Å². The van der Waals surface area contributed by atoms with Crippen LogP contribution in [-0.2, 0) is 12.2 Å². The van der Waals surface area contributed by atoms with Crippen molar-refractivity contribution in [3.8, 4) is 5.69 Å². The molecule has 0 aliphatic heterocycles. The second kappa shape index (κ2) is 8.98. The molecule has 0 radical (unpaired) electrons. The van der Waals surface area contributed by atoms with Crippen LogP contribution in [0.15, 0.2) is 88.8 Å². The summed E-state index contributed by atoms with van der Waals surface area (Å²) in [5.41, 5.74) is 2.55. The first-order valence-corrected chi connectivity index (χ1v) is 11.4. The molecule has 8 heteroatoms. The maximum atomic E-state index is 12.5. The highest BCUT2D eigenvalue weighted by Crippen LogP contribution is 2.26. The molecule has 0 aliphatic rings. The molecule has 5 rings (SSSR count). The molecule has 2 aromatic heterocycles. The van der Waals surface area contributed by atoms with E-state index in [1.54, 1.807) is 18.2 Å². The number of nitrogens with one attached hydrogen (secondary N) is 1. The first-order valence-electron chi connectivity index (χ1n) is 10.0. The van der Waals surface area contributed by atoms with Gasteiger partial charge in [-0.15, -0.1) is 10.2 Å². The number of aromatic amines is 1. The maximum absolute atomic E-state index is 12.5. The second-order valence-corrected chi connectivity index (χ2v) is 8.57. The number of aromatic nitrogens is 5. The van der Waals surface area contributed by atoms with Gasteiger partial charge in [-0.3, -0.25) is 9.36 Å². The van der Waals surface area contributed by atoms with E-state index in [4.69, 9.17) is 11.6 Å². The summed E-state index contributed by atoms with van der Waals surface area (Å²) in [5.74, 6) is 1.87. The summed E-state index contributed by atoms with van der Waals surface area (Å²) in [6.45, 7) is 0. The van der Waals surface area contributed by atoms with Gasteiger partial charge < -0.3 is 4.98 Å². The largest absolute Gasteiger partial charge is 0.309 e. The predicted octanol–water partition coefficient (Wildman–Crippen LogP) is 5.04. The van der Waals surface area contributed by atoms with E-state index in [1.807, 2.05) is 48.5 Å². The standard InChI is InChI=1S/C24H18ClN5OS/c25-17-11-12-20-19(14-17)23(31)27-21(26-20)15-32-24-29-28-22(13-16-7-3-1-4-8-16)30(24)18-9-5-2-6-10-18/h1-12,14H,13,15H2,(H,26,27,31). The normalized spacial score (nSPS) is 11.2. The van der Waals surface area contributed by atoms with Crippen LogP contribution in [0.25, 0.3) is 16.6 Å². The molecule has 0 amide bonds. The third kappa shape index (κ3) is 4.30. The van der Waals surface area contributed by atoms with Crippen molar-refractivity contribution in [3.05, 3.63) is 111 Å². The fourth-order valence-electron chi connectivity index (χ4n) is 3.48. The van der Waals surface area contributed by atoms with Crippen molar-refractivity contribution in [2.75, 3.05) is 0 Å². The zero-order chi connectivity index (χ0) is 21.9. The SMILES string of the molecule is O=c1[nH]c(CSc2nnc(Cc3ccccc3)n2-c2ccccc2)nc2ccc(Cl)cc12. The number of nitrogens with zero attached hydrogens (tertiary/aromatic N) is 4. The number of thioether (sulfide) groups is 1. The van der Waals surface area contributed by atoms with Gasteiger partial charge in [0, 0.05) is 17.1 Å². The Bertz CT molecular complexity index is 1430. The van der Waals surface area contributed by atoms with E-state index >= 15 is 0 Å². The molecule has 0 spiro atoms. The van der Waals surface area contributed by atoms with Gasteiger partial charge in [-0.05, 0) is 35.9 Å². The summed E-state index contributed by atoms with van der Waals surface area (Å²) in [6.07, 6.45) is 0.662. The number of fused-ring (bicyclic) bond motifs is 1. The molecule has 0 bridgehead atoms. The van der Waals surface area contributed by atoms with Crippen LogP contribution in [0.3, 0.4) is 0 Å². The van der Waals surface area contributed by atoms with Crippen molar-refractivity contribution < 1.29 is 0 Å². The Labute approximate surface area is 193 Å². The number of benzene rings is 3. The molecule has 0 saturated heterocycles. The molecule has 0 aliphatic carbocycles. The molecule has 158 valence electrons. The summed E-state index contributed by atoms with van der Waals surface area (Å²) in [6, 6.07) is 25.3. The highest BCUT2D eigenvalue weighted by Gasteiger charge is 2.16. The molecule has 1 N–H and O–H groups in total. The molecule has 0 saturated carbocycles. The summed E-state index contributed by atoms with van der Waals surface area (Å²) in [7, 11) is 0.